The van der Waals surface area contributed by atoms with Crippen LogP contribution in [-0.2, 0) is 0 Å². The number of halogens is 2. The Balaban J connectivity index is 2.34. The molecule has 5 heteroatoms. The topological polar surface area (TPSA) is 48.1 Å². The van der Waals surface area contributed by atoms with Gasteiger partial charge in [-0.2, -0.15) is 0 Å². The molecule has 0 bridgehead atoms. The predicted octanol–water partition coefficient (Wildman–Crippen LogP) is 3.04. The maximum Gasteiger partial charge on any atom is 0.141 e. The maximum absolute atomic E-state index is 13.1. The second-order valence-electron chi connectivity index (χ2n) is 3.81. The number of ether oxygens (including phenoxy) is 1. The van der Waals surface area contributed by atoms with Crippen LogP contribution in [0.3, 0.4) is 0 Å². The number of aromatic nitrogens is 1. The summed E-state index contributed by atoms with van der Waals surface area (Å²) in [5, 5.41) is 0. The quantitative estimate of drug-likeness (QED) is 0.948. The van der Waals surface area contributed by atoms with Crippen LogP contribution in [0.1, 0.15) is 17.2 Å². The third-order valence-corrected chi connectivity index (χ3v) is 3.24. The number of methoxy groups -OCH3 is 1. The molecule has 0 radical (unpaired) electrons. The molecule has 0 aliphatic carbocycles. The van der Waals surface area contributed by atoms with Crippen LogP contribution in [0.4, 0.5) is 4.39 Å². The summed E-state index contributed by atoms with van der Waals surface area (Å²) in [7, 11) is 1.59. The number of hydrogen-bond acceptors (Lipinski definition) is 3. The van der Waals surface area contributed by atoms with Gasteiger partial charge in [0.1, 0.15) is 11.6 Å². The van der Waals surface area contributed by atoms with Crippen LogP contribution < -0.4 is 10.5 Å². The van der Waals surface area contributed by atoms with Crippen molar-refractivity contribution in [2.75, 3.05) is 7.11 Å². The second kappa shape index (κ2) is 5.46. The average molecular weight is 311 g/mol. The van der Waals surface area contributed by atoms with Gasteiger partial charge in [-0.05, 0) is 45.3 Å². The van der Waals surface area contributed by atoms with Crippen molar-refractivity contribution in [3.05, 3.63) is 58.1 Å². The normalized spacial score (nSPS) is 12.2. The number of pyridine rings is 1. The lowest BCUT2D eigenvalue weighted by molar-refractivity contribution is 0.412. The molecule has 1 aromatic heterocycles. The zero-order valence-corrected chi connectivity index (χ0v) is 11.3. The van der Waals surface area contributed by atoms with E-state index in [1.807, 2.05) is 18.2 Å². The van der Waals surface area contributed by atoms with Gasteiger partial charge in [0.25, 0.3) is 0 Å². The molecule has 1 unspecified atom stereocenters. The first-order valence-corrected chi connectivity index (χ1v) is 6.10. The van der Waals surface area contributed by atoms with E-state index in [0.29, 0.717) is 5.56 Å². The zero-order valence-electron chi connectivity index (χ0n) is 9.73. The van der Waals surface area contributed by atoms with Gasteiger partial charge in [0, 0.05) is 6.20 Å². The van der Waals surface area contributed by atoms with Crippen molar-refractivity contribution in [1.29, 1.82) is 0 Å². The molecule has 2 aromatic rings. The molecule has 94 valence electrons. The zero-order chi connectivity index (χ0) is 13.1. The summed E-state index contributed by atoms with van der Waals surface area (Å²) in [5.41, 5.74) is 7.57. The van der Waals surface area contributed by atoms with Gasteiger partial charge >= 0.3 is 0 Å². The molecule has 0 aliphatic heterocycles. The van der Waals surface area contributed by atoms with Crippen LogP contribution >= 0.6 is 15.9 Å². The van der Waals surface area contributed by atoms with E-state index < -0.39 is 11.9 Å². The van der Waals surface area contributed by atoms with Crippen LogP contribution in [0.25, 0.3) is 0 Å². The minimum absolute atomic E-state index is 0.393. The molecule has 3 nitrogen and oxygen atoms in total. The van der Waals surface area contributed by atoms with Gasteiger partial charge in [-0.3, -0.25) is 4.98 Å². The summed E-state index contributed by atoms with van der Waals surface area (Å²) in [6, 6.07) is 6.48. The fourth-order valence-electron chi connectivity index (χ4n) is 1.67. The third kappa shape index (κ3) is 2.68. The van der Waals surface area contributed by atoms with Gasteiger partial charge in [0.15, 0.2) is 0 Å². The van der Waals surface area contributed by atoms with Crippen LogP contribution in [0.5, 0.6) is 5.75 Å². The number of nitrogens with zero attached hydrogens (tertiary/aromatic N) is 1. The monoisotopic (exact) mass is 310 g/mol. The van der Waals surface area contributed by atoms with E-state index in [4.69, 9.17) is 10.5 Å². The number of benzene rings is 1. The molecule has 2 N–H and O–H groups in total. The highest BCUT2D eigenvalue weighted by Gasteiger charge is 2.12. The third-order valence-electron chi connectivity index (χ3n) is 2.62. The Kier molecular flexibility index (Phi) is 3.93. The lowest BCUT2D eigenvalue weighted by Crippen LogP contribution is -2.12. The van der Waals surface area contributed by atoms with Crippen LogP contribution in [-0.4, -0.2) is 12.1 Å². The second-order valence-corrected chi connectivity index (χ2v) is 4.66. The van der Waals surface area contributed by atoms with Gasteiger partial charge in [-0.25, -0.2) is 4.39 Å². The number of nitrogens with two attached hydrogens (primary N) is 1. The van der Waals surface area contributed by atoms with Crippen molar-refractivity contribution in [2.24, 2.45) is 5.73 Å². The van der Waals surface area contributed by atoms with Crippen molar-refractivity contribution in [3.8, 4) is 5.75 Å². The fourth-order valence-corrected chi connectivity index (χ4v) is 2.23. The van der Waals surface area contributed by atoms with E-state index >= 15 is 0 Å². The van der Waals surface area contributed by atoms with Gasteiger partial charge in [0.05, 0.1) is 23.8 Å². The molecule has 2 rings (SSSR count). The van der Waals surface area contributed by atoms with Gasteiger partial charge < -0.3 is 10.5 Å². The SMILES string of the molecule is COc1ccc(C(N)c2cncc(F)c2)cc1Br. The van der Waals surface area contributed by atoms with Crippen molar-refractivity contribution in [3.63, 3.8) is 0 Å². The summed E-state index contributed by atoms with van der Waals surface area (Å²) in [5.74, 6) is 0.332. The van der Waals surface area contributed by atoms with E-state index in [1.54, 1.807) is 13.3 Å². The molecular formula is C13H12BrFN2O. The predicted molar refractivity (Wildman–Crippen MR) is 70.9 cm³/mol. The van der Waals surface area contributed by atoms with Gasteiger partial charge in [0.2, 0.25) is 0 Å². The van der Waals surface area contributed by atoms with Crippen molar-refractivity contribution in [1.82, 2.24) is 4.98 Å². The highest BCUT2D eigenvalue weighted by Crippen LogP contribution is 2.29. The molecule has 0 saturated heterocycles. The van der Waals surface area contributed by atoms with Crippen LogP contribution in [0.15, 0.2) is 41.1 Å². The summed E-state index contributed by atoms with van der Waals surface area (Å²) in [6.07, 6.45) is 2.71. The minimum atomic E-state index is -0.421. The molecule has 0 aliphatic rings. The first-order valence-electron chi connectivity index (χ1n) is 5.31. The summed E-state index contributed by atoms with van der Waals surface area (Å²) in [6.45, 7) is 0. The Labute approximate surface area is 113 Å². The smallest absolute Gasteiger partial charge is 0.141 e. The van der Waals surface area contributed by atoms with E-state index in [1.165, 1.54) is 6.07 Å². The van der Waals surface area contributed by atoms with Crippen LogP contribution in [0, 0.1) is 5.82 Å². The Morgan fingerprint density at radius 1 is 1.28 bits per heavy atom. The highest BCUT2D eigenvalue weighted by molar-refractivity contribution is 9.10. The first kappa shape index (κ1) is 13.0. The summed E-state index contributed by atoms with van der Waals surface area (Å²) in [4.78, 5) is 3.80. The lowest BCUT2D eigenvalue weighted by atomic mass is 10.0. The molecule has 0 amide bonds. The Hall–Kier alpha value is -1.46. The number of rotatable bonds is 3. The maximum atomic E-state index is 13.1. The lowest BCUT2D eigenvalue weighted by Gasteiger charge is -2.13. The van der Waals surface area contributed by atoms with E-state index in [9.17, 15) is 4.39 Å². The van der Waals surface area contributed by atoms with Crippen molar-refractivity contribution >= 4 is 15.9 Å². The molecule has 0 saturated carbocycles. The molecule has 18 heavy (non-hydrogen) atoms. The molecule has 0 fully saturated rings. The standard InChI is InChI=1S/C13H12BrFN2O/c1-18-12-3-2-8(5-11(12)14)13(16)9-4-10(15)7-17-6-9/h2-7,13H,16H2,1H3. The van der Waals surface area contributed by atoms with E-state index in [0.717, 1.165) is 22.0 Å². The molecule has 0 spiro atoms. The summed E-state index contributed by atoms with van der Waals surface area (Å²) < 4.78 is 19.0. The van der Waals surface area contributed by atoms with Crippen molar-refractivity contribution < 1.29 is 9.13 Å². The molecule has 1 aromatic carbocycles. The Morgan fingerprint density at radius 3 is 2.67 bits per heavy atom. The van der Waals surface area contributed by atoms with E-state index in [2.05, 4.69) is 20.9 Å². The first-order chi connectivity index (χ1) is 8.61. The van der Waals surface area contributed by atoms with Crippen LogP contribution in [0.2, 0.25) is 0 Å². The minimum Gasteiger partial charge on any atom is -0.496 e. The fraction of sp³-hybridized carbons (Fsp3) is 0.154. The molecular weight excluding hydrogens is 299 g/mol. The van der Waals surface area contributed by atoms with E-state index in [-0.39, 0.29) is 0 Å². The number of hydrogen-bond donors (Lipinski definition) is 1. The van der Waals surface area contributed by atoms with Crippen molar-refractivity contribution in [2.45, 2.75) is 6.04 Å². The van der Waals surface area contributed by atoms with Gasteiger partial charge in [-0.1, -0.05) is 6.07 Å². The molecule has 1 atom stereocenters. The highest BCUT2D eigenvalue weighted by atomic mass is 79.9. The summed E-state index contributed by atoms with van der Waals surface area (Å²) >= 11 is 3.39. The largest absolute Gasteiger partial charge is 0.496 e. The average Bonchev–Trinajstić information content (AvgIpc) is 2.37. The molecule has 1 heterocycles. The van der Waals surface area contributed by atoms with Gasteiger partial charge in [-0.15, -0.1) is 0 Å². The Morgan fingerprint density at radius 2 is 2.06 bits per heavy atom. The Bertz CT molecular complexity index is 562.